The molecule has 68 valence electrons. The van der Waals surface area contributed by atoms with Crippen molar-refractivity contribution in [3.63, 3.8) is 0 Å². The van der Waals surface area contributed by atoms with Crippen LogP contribution < -0.4 is 5.32 Å². The second-order valence-corrected chi connectivity index (χ2v) is 2.91. The molecule has 0 amide bonds. The van der Waals surface area contributed by atoms with Crippen molar-refractivity contribution >= 4 is 5.97 Å². The number of hydrogen-bond acceptors (Lipinski definition) is 4. The Morgan fingerprint density at radius 1 is 1.69 bits per heavy atom. The minimum absolute atomic E-state index is 0.626. The number of carboxylic acid groups (broad SMARTS) is 1. The molecule has 0 spiro atoms. The molecule has 2 rings (SSSR count). The fourth-order valence-corrected chi connectivity index (χ4v) is 1.49. The first kappa shape index (κ1) is 8.12. The van der Waals surface area contributed by atoms with Crippen molar-refractivity contribution in [2.24, 2.45) is 0 Å². The monoisotopic (exact) mass is 179 g/mol. The molecule has 1 aromatic rings. The quantitative estimate of drug-likeness (QED) is 0.621. The number of carboxylic acids is 1. The van der Waals surface area contributed by atoms with E-state index in [2.05, 4.69) is 15.5 Å². The fraction of sp³-hybridized carbons (Fsp3) is 0.375. The molecule has 1 atom stereocenters. The van der Waals surface area contributed by atoms with Crippen LogP contribution in [0.1, 0.15) is 17.3 Å². The minimum Gasteiger partial charge on any atom is -0.480 e. The maximum absolute atomic E-state index is 10.8. The first-order chi connectivity index (χ1) is 6.29. The summed E-state index contributed by atoms with van der Waals surface area (Å²) in [6.07, 6.45) is 2.26. The average molecular weight is 179 g/mol. The summed E-state index contributed by atoms with van der Waals surface area (Å²) < 4.78 is 0. The summed E-state index contributed by atoms with van der Waals surface area (Å²) in [5, 5.41) is 19.4. The fourth-order valence-electron chi connectivity index (χ4n) is 1.49. The molecular formula is C8H9N3O2. The Morgan fingerprint density at radius 3 is 3.31 bits per heavy atom. The van der Waals surface area contributed by atoms with E-state index < -0.39 is 12.0 Å². The summed E-state index contributed by atoms with van der Waals surface area (Å²) in [6.45, 7) is 0.642. The van der Waals surface area contributed by atoms with Crippen molar-refractivity contribution in [2.45, 2.75) is 12.5 Å². The Labute approximate surface area is 74.8 Å². The van der Waals surface area contributed by atoms with Gasteiger partial charge in [0.1, 0.15) is 6.04 Å². The van der Waals surface area contributed by atoms with Gasteiger partial charge in [-0.3, -0.25) is 4.79 Å². The van der Waals surface area contributed by atoms with Gasteiger partial charge in [-0.15, -0.1) is 0 Å². The van der Waals surface area contributed by atoms with Crippen LogP contribution in [0.2, 0.25) is 0 Å². The van der Waals surface area contributed by atoms with Gasteiger partial charge in [-0.05, 0) is 6.07 Å². The van der Waals surface area contributed by atoms with Crippen LogP contribution in [0.3, 0.4) is 0 Å². The average Bonchev–Trinajstić information content (AvgIpc) is 2.17. The molecule has 0 saturated carbocycles. The van der Waals surface area contributed by atoms with E-state index in [4.69, 9.17) is 5.11 Å². The van der Waals surface area contributed by atoms with E-state index in [9.17, 15) is 4.79 Å². The molecule has 0 aliphatic carbocycles. The Bertz CT molecular complexity index is 340. The van der Waals surface area contributed by atoms with Crippen molar-refractivity contribution in [1.82, 2.24) is 15.5 Å². The maximum atomic E-state index is 10.8. The zero-order chi connectivity index (χ0) is 9.26. The number of nitrogens with zero attached hydrogens (tertiary/aromatic N) is 2. The molecule has 13 heavy (non-hydrogen) atoms. The van der Waals surface area contributed by atoms with E-state index in [1.165, 1.54) is 6.20 Å². The summed E-state index contributed by atoms with van der Waals surface area (Å²) in [5.41, 5.74) is 1.52. The number of fused-ring (bicyclic) bond motifs is 1. The summed E-state index contributed by atoms with van der Waals surface area (Å²) in [4.78, 5) is 10.8. The summed E-state index contributed by atoms with van der Waals surface area (Å²) in [7, 11) is 0. The standard InChI is InChI=1S/C8H9N3O2/c12-8(13)7-5-1-4-10-11-6(5)2-3-9-7/h1,4,7,9H,2-3H2,(H,12,13). The third-order valence-electron chi connectivity index (χ3n) is 2.10. The molecule has 2 N–H and O–H groups in total. The molecule has 0 bridgehead atoms. The van der Waals surface area contributed by atoms with Crippen LogP contribution in [0.5, 0.6) is 0 Å². The van der Waals surface area contributed by atoms with Gasteiger partial charge in [0.05, 0.1) is 5.69 Å². The third kappa shape index (κ3) is 1.38. The molecule has 1 aromatic heterocycles. The van der Waals surface area contributed by atoms with Crippen molar-refractivity contribution in [1.29, 1.82) is 0 Å². The maximum Gasteiger partial charge on any atom is 0.325 e. The molecule has 0 saturated heterocycles. The van der Waals surface area contributed by atoms with Gasteiger partial charge >= 0.3 is 5.97 Å². The van der Waals surface area contributed by atoms with E-state index in [1.54, 1.807) is 6.07 Å². The van der Waals surface area contributed by atoms with Gasteiger partial charge in [0.15, 0.2) is 0 Å². The van der Waals surface area contributed by atoms with Gasteiger partial charge in [0.2, 0.25) is 0 Å². The van der Waals surface area contributed by atoms with Crippen LogP contribution in [-0.4, -0.2) is 27.8 Å². The second-order valence-electron chi connectivity index (χ2n) is 2.91. The van der Waals surface area contributed by atoms with Gasteiger partial charge in [0.25, 0.3) is 0 Å². The highest BCUT2D eigenvalue weighted by Crippen LogP contribution is 2.19. The predicted octanol–water partition coefficient (Wildman–Crippen LogP) is -0.252. The number of aliphatic carboxylic acids is 1. The SMILES string of the molecule is O=C(O)C1NCCc2nnccc21. The lowest BCUT2D eigenvalue weighted by Crippen LogP contribution is -2.35. The molecule has 1 unspecified atom stereocenters. The lowest BCUT2D eigenvalue weighted by molar-refractivity contribution is -0.139. The number of carbonyl (C=O) groups is 1. The Balaban J connectivity index is 2.42. The van der Waals surface area contributed by atoms with Gasteiger partial charge < -0.3 is 10.4 Å². The molecule has 5 nitrogen and oxygen atoms in total. The van der Waals surface area contributed by atoms with Crippen molar-refractivity contribution in [2.75, 3.05) is 6.54 Å². The predicted molar refractivity (Wildman–Crippen MR) is 44.1 cm³/mol. The zero-order valence-electron chi connectivity index (χ0n) is 6.90. The van der Waals surface area contributed by atoms with Crippen LogP contribution in [0.25, 0.3) is 0 Å². The van der Waals surface area contributed by atoms with Gasteiger partial charge in [-0.25, -0.2) is 0 Å². The van der Waals surface area contributed by atoms with Crippen LogP contribution in [0.15, 0.2) is 12.3 Å². The molecular weight excluding hydrogens is 170 g/mol. The molecule has 0 aromatic carbocycles. The van der Waals surface area contributed by atoms with Crippen LogP contribution in [0, 0.1) is 0 Å². The molecule has 0 radical (unpaired) electrons. The molecule has 1 aliphatic heterocycles. The minimum atomic E-state index is -0.867. The highest BCUT2D eigenvalue weighted by atomic mass is 16.4. The highest BCUT2D eigenvalue weighted by molar-refractivity contribution is 5.76. The number of hydrogen-bond donors (Lipinski definition) is 2. The smallest absolute Gasteiger partial charge is 0.325 e. The summed E-state index contributed by atoms with van der Waals surface area (Å²) in [5.74, 6) is -0.867. The van der Waals surface area contributed by atoms with Gasteiger partial charge in [0, 0.05) is 24.7 Å². The largest absolute Gasteiger partial charge is 0.480 e. The normalized spacial score (nSPS) is 20.8. The van der Waals surface area contributed by atoms with Crippen LogP contribution >= 0.6 is 0 Å². The van der Waals surface area contributed by atoms with Crippen molar-refractivity contribution in [3.05, 3.63) is 23.5 Å². The molecule has 0 fully saturated rings. The van der Waals surface area contributed by atoms with Crippen LogP contribution in [0.4, 0.5) is 0 Å². The summed E-state index contributed by atoms with van der Waals surface area (Å²) in [6, 6.07) is 1.08. The molecule has 1 aliphatic rings. The lowest BCUT2D eigenvalue weighted by atomic mass is 10.0. The number of aromatic nitrogens is 2. The van der Waals surface area contributed by atoms with Crippen molar-refractivity contribution < 1.29 is 9.90 Å². The first-order valence-corrected chi connectivity index (χ1v) is 4.05. The zero-order valence-corrected chi connectivity index (χ0v) is 6.90. The topological polar surface area (TPSA) is 75.1 Å². The van der Waals surface area contributed by atoms with E-state index in [-0.39, 0.29) is 0 Å². The van der Waals surface area contributed by atoms with E-state index in [1.807, 2.05) is 0 Å². The Morgan fingerprint density at radius 2 is 2.54 bits per heavy atom. The lowest BCUT2D eigenvalue weighted by Gasteiger charge is -2.21. The van der Waals surface area contributed by atoms with E-state index in [0.29, 0.717) is 6.54 Å². The number of nitrogens with one attached hydrogen (secondary N) is 1. The van der Waals surface area contributed by atoms with Gasteiger partial charge in [-0.2, -0.15) is 10.2 Å². The highest BCUT2D eigenvalue weighted by Gasteiger charge is 2.26. The van der Waals surface area contributed by atoms with Crippen LogP contribution in [-0.2, 0) is 11.2 Å². The third-order valence-corrected chi connectivity index (χ3v) is 2.10. The Kier molecular flexibility index (Phi) is 1.94. The van der Waals surface area contributed by atoms with Gasteiger partial charge in [-0.1, -0.05) is 0 Å². The Hall–Kier alpha value is -1.49. The first-order valence-electron chi connectivity index (χ1n) is 4.05. The van der Waals surface area contributed by atoms with E-state index in [0.717, 1.165) is 17.7 Å². The molecule has 2 heterocycles. The molecule has 5 heteroatoms. The number of rotatable bonds is 1. The van der Waals surface area contributed by atoms with Crippen molar-refractivity contribution in [3.8, 4) is 0 Å². The summed E-state index contributed by atoms with van der Waals surface area (Å²) >= 11 is 0. The second kappa shape index (κ2) is 3.10. The van der Waals surface area contributed by atoms with E-state index >= 15 is 0 Å².